The first-order valence-corrected chi connectivity index (χ1v) is 10.8. The SMILES string of the molecule is COc1ccc(Cl)cc1N1C(=O)[C@H]2C3c4ccccc4C(C=O)(c4ccccc43)[C@H]2C1=O. The third-order valence-electron chi connectivity index (χ3n) is 7.25. The molecule has 1 fully saturated rings. The van der Waals surface area contributed by atoms with E-state index >= 15 is 0 Å². The molecule has 4 aliphatic rings. The highest BCUT2D eigenvalue weighted by molar-refractivity contribution is 6.32. The lowest BCUT2D eigenvalue weighted by Crippen LogP contribution is -2.54. The number of ether oxygens (including phenoxy) is 1. The van der Waals surface area contributed by atoms with Gasteiger partial charge >= 0.3 is 0 Å². The van der Waals surface area contributed by atoms with Gasteiger partial charge in [-0.1, -0.05) is 60.1 Å². The summed E-state index contributed by atoms with van der Waals surface area (Å²) in [5, 5.41) is 0.385. The van der Waals surface area contributed by atoms with E-state index in [9.17, 15) is 14.4 Å². The Morgan fingerprint density at radius 1 is 0.938 bits per heavy atom. The number of halogens is 1. The number of hydrogen-bond donors (Lipinski definition) is 0. The van der Waals surface area contributed by atoms with Crippen molar-refractivity contribution in [2.45, 2.75) is 11.3 Å². The number of amides is 2. The maximum absolute atomic E-state index is 14.0. The Morgan fingerprint density at radius 3 is 2.16 bits per heavy atom. The van der Waals surface area contributed by atoms with Crippen molar-refractivity contribution in [3.63, 3.8) is 0 Å². The minimum atomic E-state index is -1.22. The molecule has 0 unspecified atom stereocenters. The Kier molecular flexibility index (Phi) is 3.93. The fraction of sp³-hybridized carbons (Fsp3) is 0.192. The van der Waals surface area contributed by atoms with E-state index in [1.54, 1.807) is 18.2 Å². The summed E-state index contributed by atoms with van der Waals surface area (Å²) in [6.07, 6.45) is 0.863. The van der Waals surface area contributed by atoms with Crippen molar-refractivity contribution in [3.8, 4) is 5.75 Å². The van der Waals surface area contributed by atoms with Crippen molar-refractivity contribution in [2.75, 3.05) is 12.0 Å². The van der Waals surface area contributed by atoms with Crippen LogP contribution in [0.5, 0.6) is 5.75 Å². The van der Waals surface area contributed by atoms with Gasteiger partial charge < -0.3 is 9.53 Å². The number of benzene rings is 3. The molecule has 2 bridgehead atoms. The van der Waals surface area contributed by atoms with Crippen molar-refractivity contribution < 1.29 is 19.1 Å². The predicted octanol–water partition coefficient (Wildman–Crippen LogP) is 4.10. The quantitative estimate of drug-likeness (QED) is 0.451. The van der Waals surface area contributed by atoms with E-state index in [1.807, 2.05) is 48.5 Å². The van der Waals surface area contributed by atoms with Crippen molar-refractivity contribution in [1.29, 1.82) is 0 Å². The van der Waals surface area contributed by atoms with Gasteiger partial charge in [-0.15, -0.1) is 0 Å². The van der Waals surface area contributed by atoms with E-state index in [0.717, 1.165) is 28.5 Å². The molecule has 0 spiro atoms. The van der Waals surface area contributed by atoms with E-state index < -0.39 is 23.2 Å². The van der Waals surface area contributed by atoms with Crippen molar-refractivity contribution in [3.05, 3.63) is 94.0 Å². The molecule has 1 saturated heterocycles. The molecule has 1 heterocycles. The molecule has 0 N–H and O–H groups in total. The van der Waals surface area contributed by atoms with E-state index in [1.165, 1.54) is 12.0 Å². The summed E-state index contributed by atoms with van der Waals surface area (Å²) in [6.45, 7) is 0. The van der Waals surface area contributed by atoms with Crippen LogP contribution < -0.4 is 9.64 Å². The molecular weight excluding hydrogens is 426 g/mol. The third kappa shape index (κ3) is 2.12. The first-order valence-electron chi connectivity index (χ1n) is 10.4. The van der Waals surface area contributed by atoms with Crippen LogP contribution >= 0.6 is 11.6 Å². The van der Waals surface area contributed by atoms with Crippen LogP contribution in [0, 0.1) is 11.8 Å². The van der Waals surface area contributed by atoms with E-state index in [4.69, 9.17) is 16.3 Å². The van der Waals surface area contributed by atoms with Gasteiger partial charge in [0, 0.05) is 10.9 Å². The number of hydrogen-bond acceptors (Lipinski definition) is 4. The summed E-state index contributed by atoms with van der Waals surface area (Å²) < 4.78 is 5.43. The van der Waals surface area contributed by atoms with Gasteiger partial charge in [-0.05, 0) is 40.5 Å². The summed E-state index contributed by atoms with van der Waals surface area (Å²) in [4.78, 5) is 42.0. The Balaban J connectivity index is 1.64. The van der Waals surface area contributed by atoms with Gasteiger partial charge in [-0.25, -0.2) is 4.90 Å². The van der Waals surface area contributed by atoms with Gasteiger partial charge in [0.15, 0.2) is 0 Å². The maximum atomic E-state index is 14.0. The van der Waals surface area contributed by atoms with Crippen molar-refractivity contribution in [2.24, 2.45) is 11.8 Å². The molecule has 0 radical (unpaired) electrons. The number of carbonyl (C=O) groups is 3. The first kappa shape index (κ1) is 19.3. The second-order valence-electron chi connectivity index (χ2n) is 8.47. The zero-order valence-corrected chi connectivity index (χ0v) is 17.9. The van der Waals surface area contributed by atoms with Crippen LogP contribution in [-0.2, 0) is 19.8 Å². The first-order chi connectivity index (χ1) is 15.5. The fourth-order valence-electron chi connectivity index (χ4n) is 6.11. The monoisotopic (exact) mass is 443 g/mol. The molecule has 1 aliphatic heterocycles. The van der Waals surface area contributed by atoms with E-state index in [0.29, 0.717) is 16.5 Å². The smallest absolute Gasteiger partial charge is 0.239 e. The molecule has 0 saturated carbocycles. The lowest BCUT2D eigenvalue weighted by molar-refractivity contribution is -0.128. The molecule has 2 amide bonds. The number of aldehydes is 1. The molecule has 0 aromatic heterocycles. The minimum absolute atomic E-state index is 0.304. The molecule has 158 valence electrons. The van der Waals surface area contributed by atoms with Crippen LogP contribution in [0.4, 0.5) is 5.69 Å². The Bertz CT molecular complexity index is 1290. The molecule has 2 atom stereocenters. The fourth-order valence-corrected chi connectivity index (χ4v) is 6.27. The number of anilines is 1. The zero-order valence-electron chi connectivity index (χ0n) is 17.1. The standard InChI is InChI=1S/C26H18ClNO4/c1-32-20-11-10-14(27)12-19(20)28-24(30)22-21-15-6-2-4-8-17(15)26(13-29,23(22)25(28)31)18-9-5-3-7-16(18)21/h2-13,21-23H,1H3/t21?,22-,23+,26?/m0/s1. The molecule has 3 aromatic rings. The van der Waals surface area contributed by atoms with Gasteiger partial charge in [-0.2, -0.15) is 0 Å². The van der Waals surface area contributed by atoms with Crippen LogP contribution in [0.3, 0.4) is 0 Å². The highest BCUT2D eigenvalue weighted by atomic mass is 35.5. The van der Waals surface area contributed by atoms with Crippen LogP contribution in [0.2, 0.25) is 5.02 Å². The average Bonchev–Trinajstić information content (AvgIpc) is 3.09. The summed E-state index contributed by atoms with van der Waals surface area (Å²) >= 11 is 6.21. The van der Waals surface area contributed by atoms with Gasteiger partial charge in [0.2, 0.25) is 11.8 Å². The number of methoxy groups -OCH3 is 1. The second kappa shape index (κ2) is 6.53. The van der Waals surface area contributed by atoms with Gasteiger partial charge in [0.1, 0.15) is 12.0 Å². The van der Waals surface area contributed by atoms with Crippen molar-refractivity contribution >= 4 is 35.4 Å². The lowest BCUT2D eigenvalue weighted by atomic mass is 9.48. The van der Waals surface area contributed by atoms with Gasteiger partial charge in [-0.3, -0.25) is 9.59 Å². The highest BCUT2D eigenvalue weighted by Crippen LogP contribution is 2.63. The largest absolute Gasteiger partial charge is 0.495 e. The van der Waals surface area contributed by atoms with E-state index in [-0.39, 0.29) is 11.8 Å². The lowest BCUT2D eigenvalue weighted by Gasteiger charge is -2.51. The summed E-state index contributed by atoms with van der Waals surface area (Å²) in [6, 6.07) is 20.1. The van der Waals surface area contributed by atoms with Crippen LogP contribution in [0.25, 0.3) is 0 Å². The predicted molar refractivity (Wildman–Crippen MR) is 119 cm³/mol. The molecule has 32 heavy (non-hydrogen) atoms. The number of rotatable bonds is 3. The number of nitrogens with zero attached hydrogens (tertiary/aromatic N) is 1. The molecule has 3 aliphatic carbocycles. The van der Waals surface area contributed by atoms with Gasteiger partial charge in [0.25, 0.3) is 0 Å². The maximum Gasteiger partial charge on any atom is 0.239 e. The summed E-state index contributed by atoms with van der Waals surface area (Å²) in [7, 11) is 1.48. The normalized spacial score (nSPS) is 27.1. The number of imide groups is 1. The molecule has 6 heteroatoms. The summed E-state index contributed by atoms with van der Waals surface area (Å²) in [5.41, 5.74) is 2.56. The summed E-state index contributed by atoms with van der Waals surface area (Å²) in [5.74, 6) is -2.17. The molecule has 7 rings (SSSR count). The van der Waals surface area contributed by atoms with Gasteiger partial charge in [0.05, 0.1) is 30.0 Å². The van der Waals surface area contributed by atoms with Crippen LogP contribution in [0.15, 0.2) is 66.7 Å². The third-order valence-corrected chi connectivity index (χ3v) is 7.49. The minimum Gasteiger partial charge on any atom is -0.495 e. The van der Waals surface area contributed by atoms with Crippen LogP contribution in [-0.4, -0.2) is 25.2 Å². The Hall–Kier alpha value is -3.44. The topological polar surface area (TPSA) is 63.7 Å². The highest BCUT2D eigenvalue weighted by Gasteiger charge is 2.68. The molecule has 5 nitrogen and oxygen atoms in total. The van der Waals surface area contributed by atoms with Crippen LogP contribution in [0.1, 0.15) is 28.2 Å². The second-order valence-corrected chi connectivity index (χ2v) is 8.91. The Labute approximate surface area is 189 Å². The van der Waals surface area contributed by atoms with E-state index in [2.05, 4.69) is 0 Å². The Morgan fingerprint density at radius 2 is 1.56 bits per heavy atom. The molecule has 3 aromatic carbocycles. The molecular formula is C26H18ClNO4. The number of carbonyl (C=O) groups excluding carboxylic acids is 3. The average molecular weight is 444 g/mol. The zero-order chi connectivity index (χ0) is 22.2. The van der Waals surface area contributed by atoms with Crippen molar-refractivity contribution in [1.82, 2.24) is 0 Å².